The van der Waals surface area contributed by atoms with Gasteiger partial charge in [0.2, 0.25) is 0 Å². The second kappa shape index (κ2) is 7.47. The largest absolute Gasteiger partial charge is 0.313 e. The fourth-order valence-electron chi connectivity index (χ4n) is 2.55. The van der Waals surface area contributed by atoms with Crippen LogP contribution in [0.25, 0.3) is 0 Å². The van der Waals surface area contributed by atoms with Crippen LogP contribution in [-0.2, 0) is 6.42 Å². The van der Waals surface area contributed by atoms with Crippen LogP contribution in [0.3, 0.4) is 0 Å². The van der Waals surface area contributed by atoms with Crippen molar-refractivity contribution in [2.75, 3.05) is 6.54 Å². The highest BCUT2D eigenvalue weighted by Crippen LogP contribution is 2.22. The standard InChI is InChI=1S/C18H22ClN/c1-3-20-18(13-15-9-11-17(19)12-10-15)14(2)16-7-5-4-6-8-16/h4-12,14,18,20H,3,13H2,1-2H3. The van der Waals surface area contributed by atoms with Crippen molar-refractivity contribution in [1.82, 2.24) is 5.32 Å². The first-order valence-corrected chi connectivity index (χ1v) is 7.61. The molecule has 0 aromatic heterocycles. The molecule has 20 heavy (non-hydrogen) atoms. The number of rotatable bonds is 6. The summed E-state index contributed by atoms with van der Waals surface area (Å²) in [7, 11) is 0. The molecule has 0 aliphatic heterocycles. The predicted octanol–water partition coefficient (Wildman–Crippen LogP) is 4.66. The minimum Gasteiger partial charge on any atom is -0.313 e. The lowest BCUT2D eigenvalue weighted by atomic mass is 9.89. The smallest absolute Gasteiger partial charge is 0.0406 e. The molecule has 2 aromatic rings. The first-order valence-electron chi connectivity index (χ1n) is 7.23. The third-order valence-corrected chi connectivity index (χ3v) is 4.02. The van der Waals surface area contributed by atoms with Gasteiger partial charge in [-0.1, -0.05) is 67.9 Å². The Balaban J connectivity index is 2.12. The monoisotopic (exact) mass is 287 g/mol. The van der Waals surface area contributed by atoms with Gasteiger partial charge in [0.25, 0.3) is 0 Å². The van der Waals surface area contributed by atoms with Crippen LogP contribution in [0.1, 0.15) is 30.9 Å². The van der Waals surface area contributed by atoms with Gasteiger partial charge in [0.15, 0.2) is 0 Å². The van der Waals surface area contributed by atoms with Crippen LogP contribution in [0, 0.1) is 0 Å². The van der Waals surface area contributed by atoms with E-state index in [0.29, 0.717) is 12.0 Å². The Bertz CT molecular complexity index is 507. The van der Waals surface area contributed by atoms with Gasteiger partial charge in [-0.2, -0.15) is 0 Å². The molecule has 2 rings (SSSR count). The van der Waals surface area contributed by atoms with Gasteiger partial charge >= 0.3 is 0 Å². The molecule has 2 unspecified atom stereocenters. The van der Waals surface area contributed by atoms with Crippen molar-refractivity contribution >= 4 is 11.6 Å². The number of halogens is 1. The first kappa shape index (κ1) is 15.1. The topological polar surface area (TPSA) is 12.0 Å². The number of benzene rings is 2. The second-order valence-electron chi connectivity index (χ2n) is 5.19. The van der Waals surface area contributed by atoms with Gasteiger partial charge < -0.3 is 5.32 Å². The predicted molar refractivity (Wildman–Crippen MR) is 87.5 cm³/mol. The molecular formula is C18H22ClN. The summed E-state index contributed by atoms with van der Waals surface area (Å²) >= 11 is 5.95. The molecule has 0 fully saturated rings. The Kier molecular flexibility index (Phi) is 5.63. The SMILES string of the molecule is CCNC(Cc1ccc(Cl)cc1)C(C)c1ccccc1. The van der Waals surface area contributed by atoms with Crippen LogP contribution < -0.4 is 5.32 Å². The van der Waals surface area contributed by atoms with Crippen molar-refractivity contribution in [2.45, 2.75) is 32.2 Å². The fourth-order valence-corrected chi connectivity index (χ4v) is 2.68. The Morgan fingerprint density at radius 3 is 2.25 bits per heavy atom. The Hall–Kier alpha value is -1.31. The van der Waals surface area contributed by atoms with E-state index in [1.807, 2.05) is 12.1 Å². The van der Waals surface area contributed by atoms with E-state index in [1.165, 1.54) is 11.1 Å². The maximum Gasteiger partial charge on any atom is 0.0406 e. The van der Waals surface area contributed by atoms with Crippen LogP contribution in [0.15, 0.2) is 54.6 Å². The first-order chi connectivity index (χ1) is 9.70. The molecule has 0 saturated heterocycles. The molecule has 0 saturated carbocycles. The summed E-state index contributed by atoms with van der Waals surface area (Å²) < 4.78 is 0. The summed E-state index contributed by atoms with van der Waals surface area (Å²) in [5.41, 5.74) is 2.70. The van der Waals surface area contributed by atoms with E-state index in [2.05, 4.69) is 61.6 Å². The van der Waals surface area contributed by atoms with Crippen molar-refractivity contribution in [2.24, 2.45) is 0 Å². The molecule has 0 heterocycles. The fraction of sp³-hybridized carbons (Fsp3) is 0.333. The van der Waals surface area contributed by atoms with Crippen LogP contribution in [0.2, 0.25) is 5.02 Å². The third-order valence-electron chi connectivity index (χ3n) is 3.76. The number of likely N-dealkylation sites (N-methyl/N-ethyl adjacent to an activating group) is 1. The molecule has 0 bridgehead atoms. The summed E-state index contributed by atoms with van der Waals surface area (Å²) in [6.07, 6.45) is 1.01. The normalized spacial score (nSPS) is 13.9. The molecule has 0 radical (unpaired) electrons. The average molecular weight is 288 g/mol. The molecule has 0 spiro atoms. The summed E-state index contributed by atoms with van der Waals surface area (Å²) in [4.78, 5) is 0. The van der Waals surface area contributed by atoms with E-state index >= 15 is 0 Å². The van der Waals surface area contributed by atoms with Gasteiger partial charge in [0, 0.05) is 11.1 Å². The van der Waals surface area contributed by atoms with Gasteiger partial charge in [-0.3, -0.25) is 0 Å². The molecule has 0 amide bonds. The van der Waals surface area contributed by atoms with E-state index in [9.17, 15) is 0 Å². The molecule has 1 N–H and O–H groups in total. The van der Waals surface area contributed by atoms with E-state index in [0.717, 1.165) is 18.0 Å². The van der Waals surface area contributed by atoms with E-state index < -0.39 is 0 Å². The van der Waals surface area contributed by atoms with Crippen molar-refractivity contribution in [1.29, 1.82) is 0 Å². The van der Waals surface area contributed by atoms with Gasteiger partial charge in [-0.05, 0) is 42.1 Å². The molecule has 106 valence electrons. The van der Waals surface area contributed by atoms with Crippen LogP contribution in [0.4, 0.5) is 0 Å². The number of hydrogen-bond donors (Lipinski definition) is 1. The van der Waals surface area contributed by atoms with Crippen molar-refractivity contribution in [3.63, 3.8) is 0 Å². The molecule has 2 atom stereocenters. The molecule has 0 aliphatic rings. The van der Waals surface area contributed by atoms with E-state index in [-0.39, 0.29) is 0 Å². The van der Waals surface area contributed by atoms with E-state index in [1.54, 1.807) is 0 Å². The van der Waals surface area contributed by atoms with Gasteiger partial charge in [0.05, 0.1) is 0 Å². The third kappa shape index (κ3) is 4.09. The van der Waals surface area contributed by atoms with Gasteiger partial charge in [-0.15, -0.1) is 0 Å². The maximum atomic E-state index is 5.95. The number of nitrogens with one attached hydrogen (secondary N) is 1. The highest BCUT2D eigenvalue weighted by Gasteiger charge is 2.18. The quantitative estimate of drug-likeness (QED) is 0.814. The average Bonchev–Trinajstić information content (AvgIpc) is 2.49. The Morgan fingerprint density at radius 1 is 1.00 bits per heavy atom. The summed E-state index contributed by atoms with van der Waals surface area (Å²) in [6, 6.07) is 19.3. The lowest BCUT2D eigenvalue weighted by Crippen LogP contribution is -2.35. The summed E-state index contributed by atoms with van der Waals surface area (Å²) in [5.74, 6) is 0.479. The van der Waals surface area contributed by atoms with Crippen molar-refractivity contribution < 1.29 is 0 Å². The summed E-state index contributed by atoms with van der Waals surface area (Å²) in [6.45, 7) is 5.43. The zero-order chi connectivity index (χ0) is 14.4. The minimum atomic E-state index is 0.434. The Morgan fingerprint density at radius 2 is 1.65 bits per heavy atom. The van der Waals surface area contributed by atoms with Crippen LogP contribution in [-0.4, -0.2) is 12.6 Å². The van der Waals surface area contributed by atoms with Crippen molar-refractivity contribution in [3.8, 4) is 0 Å². The molecule has 0 aliphatic carbocycles. The molecule has 1 nitrogen and oxygen atoms in total. The molecule has 2 aromatic carbocycles. The molecular weight excluding hydrogens is 266 g/mol. The van der Waals surface area contributed by atoms with Crippen molar-refractivity contribution in [3.05, 3.63) is 70.7 Å². The lowest BCUT2D eigenvalue weighted by Gasteiger charge is -2.25. The zero-order valence-electron chi connectivity index (χ0n) is 12.1. The van der Waals surface area contributed by atoms with Crippen LogP contribution in [0.5, 0.6) is 0 Å². The summed E-state index contributed by atoms with van der Waals surface area (Å²) in [5, 5.41) is 4.41. The lowest BCUT2D eigenvalue weighted by molar-refractivity contribution is 0.458. The minimum absolute atomic E-state index is 0.434. The van der Waals surface area contributed by atoms with Crippen LogP contribution >= 0.6 is 11.6 Å². The molecule has 2 heteroatoms. The number of hydrogen-bond acceptors (Lipinski definition) is 1. The zero-order valence-corrected chi connectivity index (χ0v) is 12.9. The highest BCUT2D eigenvalue weighted by atomic mass is 35.5. The highest BCUT2D eigenvalue weighted by molar-refractivity contribution is 6.30. The second-order valence-corrected chi connectivity index (χ2v) is 5.63. The Labute approximate surface area is 127 Å². The van der Waals surface area contributed by atoms with E-state index in [4.69, 9.17) is 11.6 Å². The van der Waals surface area contributed by atoms with Gasteiger partial charge in [-0.25, -0.2) is 0 Å². The van der Waals surface area contributed by atoms with Gasteiger partial charge in [0.1, 0.15) is 0 Å². The maximum absolute atomic E-state index is 5.95.